The average molecular weight is 422 g/mol. The van der Waals surface area contributed by atoms with Crippen molar-refractivity contribution in [1.29, 1.82) is 0 Å². The van der Waals surface area contributed by atoms with Crippen molar-refractivity contribution in [2.75, 3.05) is 0 Å². The Kier molecular flexibility index (Phi) is 12.1. The van der Waals surface area contributed by atoms with Crippen molar-refractivity contribution in [3.05, 3.63) is 6.07 Å². The van der Waals surface area contributed by atoms with Crippen LogP contribution in [0.25, 0.3) is 0 Å². The zero-order chi connectivity index (χ0) is 16.1. The van der Waals surface area contributed by atoms with Gasteiger partial charge >= 0.3 is 88.7 Å². The summed E-state index contributed by atoms with van der Waals surface area (Å²) >= 11 is 0. The summed E-state index contributed by atoms with van der Waals surface area (Å²) in [7, 11) is -16.6. The molecule has 1 aromatic rings. The van der Waals surface area contributed by atoms with Gasteiger partial charge in [-0.1, -0.05) is 0 Å². The molecule has 120 valence electrons. The van der Waals surface area contributed by atoms with Crippen LogP contribution in [0.15, 0.2) is 20.8 Å². The molecule has 0 unspecified atom stereocenters. The second-order valence-electron chi connectivity index (χ2n) is 3.33. The zero-order valence-corrected chi connectivity index (χ0v) is 20.4. The Morgan fingerprint density at radius 2 is 1.04 bits per heavy atom. The second kappa shape index (κ2) is 9.48. The summed E-state index contributed by atoms with van der Waals surface area (Å²) in [5.74, 6) is -3.20. The van der Waals surface area contributed by atoms with Crippen molar-refractivity contribution >= 4 is 30.4 Å². The van der Waals surface area contributed by atoms with Gasteiger partial charge in [-0.3, -0.25) is 13.7 Å². The standard InChI is InChI=1S/C6H6O11S3.3Na.3H/c7-2-1-3(18(9,10)11)5(19(12,13)14)6(4(2)8)20(15,16)17;;;;;;/h1,7-8H,(H,9,10,11)(H,12,13,14)(H,15,16,17);;;;;;/q;3*+1;3*-1. The average Bonchev–Trinajstić information content (AvgIpc) is 2.15. The van der Waals surface area contributed by atoms with Gasteiger partial charge in [0.2, 0.25) is 0 Å². The van der Waals surface area contributed by atoms with Crippen LogP contribution in [-0.2, 0) is 30.4 Å². The maximum atomic E-state index is 11.0. The van der Waals surface area contributed by atoms with Gasteiger partial charge in [0.25, 0.3) is 30.4 Å². The van der Waals surface area contributed by atoms with Gasteiger partial charge in [0, 0.05) is 6.07 Å². The summed E-state index contributed by atoms with van der Waals surface area (Å²) in [5.41, 5.74) is 0. The summed E-state index contributed by atoms with van der Waals surface area (Å²) < 4.78 is 92.3. The van der Waals surface area contributed by atoms with E-state index in [1.807, 2.05) is 0 Å². The quantitative estimate of drug-likeness (QED) is 0.176. The van der Waals surface area contributed by atoms with E-state index in [9.17, 15) is 30.4 Å². The molecule has 0 saturated heterocycles. The third kappa shape index (κ3) is 6.99. The SMILES string of the molecule is O=S(=O)(O)c1cc(O)c(O)c(S(=O)(=O)O)c1S(=O)(=O)O.[H-].[H-].[H-].[Na+].[Na+].[Na+]. The summed E-state index contributed by atoms with van der Waals surface area (Å²) in [6, 6.07) is -0.0253. The third-order valence-electron chi connectivity index (χ3n) is 1.95. The van der Waals surface area contributed by atoms with Gasteiger partial charge in [-0.15, -0.1) is 0 Å². The summed E-state index contributed by atoms with van der Waals surface area (Å²) in [4.78, 5) is -5.74. The first-order valence-corrected chi connectivity index (χ1v) is 8.50. The van der Waals surface area contributed by atoms with Crippen LogP contribution in [0.4, 0.5) is 0 Å². The van der Waals surface area contributed by atoms with E-state index in [2.05, 4.69) is 0 Å². The number of hydrogen-bond donors (Lipinski definition) is 5. The molecule has 0 atom stereocenters. The van der Waals surface area contributed by atoms with E-state index in [4.69, 9.17) is 18.8 Å². The molecule has 0 radical (unpaired) electrons. The van der Waals surface area contributed by atoms with E-state index >= 15 is 0 Å². The van der Waals surface area contributed by atoms with Gasteiger partial charge < -0.3 is 14.5 Å². The van der Waals surface area contributed by atoms with E-state index in [0.717, 1.165) is 0 Å². The molecule has 0 aliphatic rings. The predicted molar refractivity (Wildman–Crippen MR) is 62.6 cm³/mol. The van der Waals surface area contributed by atoms with Crippen LogP contribution in [0.3, 0.4) is 0 Å². The Labute approximate surface area is 202 Å². The van der Waals surface area contributed by atoms with E-state index in [-0.39, 0.29) is 99.0 Å². The maximum Gasteiger partial charge on any atom is 1.00 e. The van der Waals surface area contributed by atoms with Crippen LogP contribution in [0.2, 0.25) is 0 Å². The molecule has 0 bridgehead atoms. The molecule has 0 aromatic heterocycles. The second-order valence-corrected chi connectivity index (χ2v) is 7.43. The van der Waals surface area contributed by atoms with E-state index in [1.165, 1.54) is 0 Å². The first-order valence-electron chi connectivity index (χ1n) is 4.18. The van der Waals surface area contributed by atoms with E-state index in [0.29, 0.717) is 0 Å². The topological polar surface area (TPSA) is 204 Å². The molecule has 0 amide bonds. The molecule has 0 saturated carbocycles. The molecule has 0 spiro atoms. The zero-order valence-electron chi connectivity index (χ0n) is 15.0. The number of rotatable bonds is 3. The molecule has 0 fully saturated rings. The Morgan fingerprint density at radius 3 is 1.30 bits per heavy atom. The number of phenols is 2. The minimum absolute atomic E-state index is 0. The van der Waals surface area contributed by atoms with E-state index < -0.39 is 56.5 Å². The first-order chi connectivity index (χ1) is 8.67. The molecule has 23 heavy (non-hydrogen) atoms. The van der Waals surface area contributed by atoms with Gasteiger partial charge in [-0.2, -0.15) is 25.3 Å². The van der Waals surface area contributed by atoms with Gasteiger partial charge in [-0.05, 0) is 0 Å². The molecule has 0 heterocycles. The first kappa shape index (κ1) is 29.3. The van der Waals surface area contributed by atoms with Crippen molar-refractivity contribution in [2.24, 2.45) is 0 Å². The monoisotopic (exact) mass is 422 g/mol. The minimum Gasteiger partial charge on any atom is -1.00 e. The molecule has 0 aliphatic carbocycles. The van der Waals surface area contributed by atoms with Crippen molar-refractivity contribution in [3.63, 3.8) is 0 Å². The predicted octanol–water partition coefficient (Wildman–Crippen LogP) is -9.81. The molecular formula is C6H9Na3O11S3. The van der Waals surface area contributed by atoms with Gasteiger partial charge in [-0.25, -0.2) is 0 Å². The largest absolute Gasteiger partial charge is 1.00 e. The van der Waals surface area contributed by atoms with Gasteiger partial charge in [0.1, 0.15) is 9.79 Å². The number of hydrogen-bond acceptors (Lipinski definition) is 8. The van der Waals surface area contributed by atoms with Gasteiger partial charge in [0.05, 0.1) is 0 Å². The van der Waals surface area contributed by atoms with Crippen molar-refractivity contribution < 1.29 is 142 Å². The molecule has 5 N–H and O–H groups in total. The fourth-order valence-corrected chi connectivity index (χ4v) is 4.53. The smallest absolute Gasteiger partial charge is 1.00 e. The number of aromatic hydroxyl groups is 2. The Bertz CT molecular complexity index is 901. The Balaban J connectivity index is -0.000000167. The Hall–Kier alpha value is 1.55. The van der Waals surface area contributed by atoms with Crippen molar-refractivity contribution in [1.82, 2.24) is 0 Å². The molecule has 11 nitrogen and oxygen atoms in total. The van der Waals surface area contributed by atoms with E-state index in [1.54, 1.807) is 0 Å². The maximum absolute atomic E-state index is 11.0. The third-order valence-corrected chi connectivity index (χ3v) is 4.94. The van der Waals surface area contributed by atoms with Crippen LogP contribution < -0.4 is 88.7 Å². The van der Waals surface area contributed by atoms with Crippen molar-refractivity contribution in [2.45, 2.75) is 14.7 Å². The summed E-state index contributed by atoms with van der Waals surface area (Å²) in [6.45, 7) is 0. The molecule has 1 aromatic carbocycles. The Morgan fingerprint density at radius 1 is 0.696 bits per heavy atom. The summed E-state index contributed by atoms with van der Waals surface area (Å²) in [5, 5.41) is 18.3. The molecule has 0 aliphatic heterocycles. The van der Waals surface area contributed by atoms with Gasteiger partial charge in [0.15, 0.2) is 16.4 Å². The summed E-state index contributed by atoms with van der Waals surface area (Å²) in [6.07, 6.45) is 0. The van der Waals surface area contributed by atoms with Crippen LogP contribution in [0.5, 0.6) is 11.5 Å². The van der Waals surface area contributed by atoms with Crippen LogP contribution in [0, 0.1) is 0 Å². The number of benzene rings is 1. The molecular weight excluding hydrogens is 413 g/mol. The molecule has 1 rings (SSSR count). The van der Waals surface area contributed by atoms with Crippen LogP contribution >= 0.6 is 0 Å². The fraction of sp³-hybridized carbons (Fsp3) is 0. The molecule has 17 heteroatoms. The van der Waals surface area contributed by atoms with Crippen LogP contribution in [0.1, 0.15) is 4.28 Å². The fourth-order valence-electron chi connectivity index (χ4n) is 1.27. The minimum atomic E-state index is -5.62. The van der Waals surface area contributed by atoms with Crippen LogP contribution in [-0.4, -0.2) is 49.1 Å². The normalized spacial score (nSPS) is 11.6. The van der Waals surface area contributed by atoms with Crippen molar-refractivity contribution in [3.8, 4) is 11.5 Å². The number of phenolic OH excluding ortho intramolecular Hbond substituents is 2.